The van der Waals surface area contributed by atoms with Gasteiger partial charge in [-0.25, -0.2) is 4.39 Å². The second kappa shape index (κ2) is 6.58. The third-order valence-electron chi connectivity index (χ3n) is 3.28. The molecule has 0 fully saturated rings. The Morgan fingerprint density at radius 1 is 1.04 bits per heavy atom. The number of pyridine rings is 1. The summed E-state index contributed by atoms with van der Waals surface area (Å²) in [6.07, 6.45) is 1.54. The first-order valence-electron chi connectivity index (χ1n) is 6.92. The first-order chi connectivity index (χ1) is 11.1. The molecule has 0 aliphatic rings. The molecule has 0 unspecified atom stereocenters. The van der Waals surface area contributed by atoms with Gasteiger partial charge >= 0.3 is 0 Å². The van der Waals surface area contributed by atoms with Gasteiger partial charge in [0.05, 0.1) is 10.7 Å². The van der Waals surface area contributed by atoms with Crippen molar-refractivity contribution in [2.75, 3.05) is 5.32 Å². The van der Waals surface area contributed by atoms with Crippen LogP contribution in [0.15, 0.2) is 66.9 Å². The van der Waals surface area contributed by atoms with Crippen LogP contribution in [0, 0.1) is 5.82 Å². The predicted octanol–water partition coefficient (Wildman–Crippen LogP) is 4.79. The average Bonchev–Trinajstić information content (AvgIpc) is 2.56. The fourth-order valence-electron chi connectivity index (χ4n) is 2.16. The highest BCUT2D eigenvalue weighted by Crippen LogP contribution is 2.28. The molecule has 0 spiro atoms. The molecule has 1 N–H and O–H groups in total. The Bertz CT molecular complexity index is 853. The number of nitrogens with one attached hydrogen (secondary N) is 1. The zero-order chi connectivity index (χ0) is 16.2. The van der Waals surface area contributed by atoms with Crippen LogP contribution >= 0.6 is 11.6 Å². The molecule has 23 heavy (non-hydrogen) atoms. The number of nitrogens with zero attached hydrogens (tertiary/aromatic N) is 1. The summed E-state index contributed by atoms with van der Waals surface area (Å²) in [4.78, 5) is 16.2. The van der Waals surface area contributed by atoms with E-state index in [1.54, 1.807) is 30.3 Å². The molecule has 0 aliphatic heterocycles. The quantitative estimate of drug-likeness (QED) is 0.751. The van der Waals surface area contributed by atoms with Crippen molar-refractivity contribution in [3.05, 3.63) is 83.3 Å². The summed E-state index contributed by atoms with van der Waals surface area (Å²) < 4.78 is 14.3. The number of halogens is 2. The van der Waals surface area contributed by atoms with Gasteiger partial charge in [0, 0.05) is 23.0 Å². The summed E-state index contributed by atoms with van der Waals surface area (Å²) in [7, 11) is 0. The normalized spacial score (nSPS) is 10.3. The number of carbonyl (C=O) groups is 1. The molecule has 3 nitrogen and oxygen atoms in total. The molecule has 0 bridgehead atoms. The maximum absolute atomic E-state index is 14.3. The summed E-state index contributed by atoms with van der Waals surface area (Å²) in [5.41, 5.74) is 1.48. The van der Waals surface area contributed by atoms with Gasteiger partial charge in [-0.3, -0.25) is 9.78 Å². The lowest BCUT2D eigenvalue weighted by Gasteiger charge is -2.08. The van der Waals surface area contributed by atoms with Crippen molar-refractivity contribution in [3.8, 4) is 11.3 Å². The fraction of sp³-hybridized carbons (Fsp3) is 0. The summed E-state index contributed by atoms with van der Waals surface area (Å²) >= 11 is 6.03. The first-order valence-corrected chi connectivity index (χ1v) is 7.30. The largest absolute Gasteiger partial charge is 0.322 e. The van der Waals surface area contributed by atoms with Gasteiger partial charge in [-0.1, -0.05) is 29.8 Å². The SMILES string of the molecule is O=C(Nc1ccccc1)c1ccc(-c2ncccc2Cl)c(F)c1. The van der Waals surface area contributed by atoms with Crippen LogP contribution in [0.25, 0.3) is 11.3 Å². The molecule has 0 saturated heterocycles. The van der Waals surface area contributed by atoms with Crippen LogP contribution in [0.1, 0.15) is 10.4 Å². The van der Waals surface area contributed by atoms with Crippen molar-refractivity contribution in [2.45, 2.75) is 0 Å². The van der Waals surface area contributed by atoms with Gasteiger partial charge in [0.25, 0.3) is 5.91 Å². The van der Waals surface area contributed by atoms with Gasteiger partial charge in [0.15, 0.2) is 0 Å². The Kier molecular flexibility index (Phi) is 4.35. The molecule has 0 aliphatic carbocycles. The van der Waals surface area contributed by atoms with Gasteiger partial charge in [-0.05, 0) is 42.5 Å². The Balaban J connectivity index is 1.88. The number of anilines is 1. The molecule has 1 heterocycles. The average molecular weight is 327 g/mol. The number of hydrogen-bond acceptors (Lipinski definition) is 2. The second-order valence-electron chi connectivity index (χ2n) is 4.85. The van der Waals surface area contributed by atoms with Crippen molar-refractivity contribution in [3.63, 3.8) is 0 Å². The lowest BCUT2D eigenvalue weighted by atomic mass is 10.1. The third-order valence-corrected chi connectivity index (χ3v) is 3.58. The lowest BCUT2D eigenvalue weighted by Crippen LogP contribution is -2.12. The van der Waals surface area contributed by atoms with Gasteiger partial charge in [0.2, 0.25) is 0 Å². The smallest absolute Gasteiger partial charge is 0.255 e. The van der Waals surface area contributed by atoms with Crippen molar-refractivity contribution in [1.82, 2.24) is 4.98 Å². The molecule has 0 atom stereocenters. The van der Waals surface area contributed by atoms with E-state index >= 15 is 0 Å². The van der Waals surface area contributed by atoms with E-state index in [1.165, 1.54) is 18.3 Å². The van der Waals surface area contributed by atoms with Crippen molar-refractivity contribution in [2.24, 2.45) is 0 Å². The Labute approximate surface area is 137 Å². The molecule has 1 amide bonds. The van der Waals surface area contributed by atoms with Gasteiger partial charge in [0.1, 0.15) is 5.82 Å². The molecule has 114 valence electrons. The maximum Gasteiger partial charge on any atom is 0.255 e. The molecular formula is C18H12ClFN2O. The predicted molar refractivity (Wildman–Crippen MR) is 89.0 cm³/mol. The number of carbonyl (C=O) groups excluding carboxylic acids is 1. The molecule has 0 radical (unpaired) electrons. The molecule has 0 saturated carbocycles. The zero-order valence-electron chi connectivity index (χ0n) is 12.0. The second-order valence-corrected chi connectivity index (χ2v) is 5.26. The molecule has 3 rings (SSSR count). The van der Waals surface area contributed by atoms with Crippen LogP contribution < -0.4 is 5.32 Å². The lowest BCUT2D eigenvalue weighted by molar-refractivity contribution is 0.102. The van der Waals surface area contributed by atoms with Gasteiger partial charge < -0.3 is 5.32 Å². The fourth-order valence-corrected chi connectivity index (χ4v) is 2.38. The van der Waals surface area contributed by atoms with Crippen LogP contribution in [0.3, 0.4) is 0 Å². The van der Waals surface area contributed by atoms with Crippen molar-refractivity contribution >= 4 is 23.2 Å². The van der Waals surface area contributed by atoms with E-state index in [4.69, 9.17) is 11.6 Å². The number of para-hydroxylation sites is 1. The minimum atomic E-state index is -0.550. The Morgan fingerprint density at radius 2 is 1.83 bits per heavy atom. The van der Waals surface area contributed by atoms with E-state index < -0.39 is 5.82 Å². The van der Waals surface area contributed by atoms with E-state index in [9.17, 15) is 9.18 Å². The standard InChI is InChI=1S/C18H12ClFN2O/c19-15-7-4-10-21-17(15)14-9-8-12(11-16(14)20)18(23)22-13-5-2-1-3-6-13/h1-11H,(H,22,23). The van der Waals surface area contributed by atoms with Crippen LogP contribution in [0.4, 0.5) is 10.1 Å². The van der Waals surface area contributed by atoms with Gasteiger partial charge in [-0.15, -0.1) is 0 Å². The monoisotopic (exact) mass is 326 g/mol. The molecule has 1 aromatic heterocycles. The number of benzene rings is 2. The van der Waals surface area contributed by atoms with Crippen LogP contribution in [0.5, 0.6) is 0 Å². The highest BCUT2D eigenvalue weighted by Gasteiger charge is 2.13. The highest BCUT2D eigenvalue weighted by atomic mass is 35.5. The first kappa shape index (κ1) is 15.2. The van der Waals surface area contributed by atoms with E-state index in [0.29, 0.717) is 16.4 Å². The third kappa shape index (κ3) is 3.38. The topological polar surface area (TPSA) is 42.0 Å². The van der Waals surface area contributed by atoms with Crippen molar-refractivity contribution in [1.29, 1.82) is 0 Å². The summed E-state index contributed by atoms with van der Waals surface area (Å²) in [6, 6.07) is 16.5. The van der Waals surface area contributed by atoms with Crippen molar-refractivity contribution < 1.29 is 9.18 Å². The van der Waals surface area contributed by atoms with Crippen LogP contribution in [-0.4, -0.2) is 10.9 Å². The van der Waals surface area contributed by atoms with E-state index in [-0.39, 0.29) is 17.0 Å². The Morgan fingerprint density at radius 3 is 2.52 bits per heavy atom. The summed E-state index contributed by atoms with van der Waals surface area (Å²) in [6.45, 7) is 0. The molecular weight excluding hydrogens is 315 g/mol. The van der Waals surface area contributed by atoms with E-state index in [0.717, 1.165) is 0 Å². The van der Waals surface area contributed by atoms with Gasteiger partial charge in [-0.2, -0.15) is 0 Å². The maximum atomic E-state index is 14.3. The summed E-state index contributed by atoms with van der Waals surface area (Å²) in [5, 5.41) is 3.06. The van der Waals surface area contributed by atoms with E-state index in [2.05, 4.69) is 10.3 Å². The number of rotatable bonds is 3. The van der Waals surface area contributed by atoms with E-state index in [1.807, 2.05) is 18.2 Å². The number of amides is 1. The number of aromatic nitrogens is 1. The minimum absolute atomic E-state index is 0.224. The Hall–Kier alpha value is -2.72. The zero-order valence-corrected chi connectivity index (χ0v) is 12.7. The summed E-state index contributed by atoms with van der Waals surface area (Å²) in [5.74, 6) is -0.930. The minimum Gasteiger partial charge on any atom is -0.322 e. The molecule has 5 heteroatoms. The van der Waals surface area contributed by atoms with Crippen LogP contribution in [-0.2, 0) is 0 Å². The number of hydrogen-bond donors (Lipinski definition) is 1. The van der Waals surface area contributed by atoms with Crippen LogP contribution in [0.2, 0.25) is 5.02 Å². The molecule has 3 aromatic rings. The highest BCUT2D eigenvalue weighted by molar-refractivity contribution is 6.33. The molecule has 2 aromatic carbocycles.